The van der Waals surface area contributed by atoms with Crippen molar-refractivity contribution in [3.05, 3.63) is 33.8 Å². The number of hydrogen-bond acceptors (Lipinski definition) is 2. The van der Waals surface area contributed by atoms with Gasteiger partial charge in [-0.15, -0.1) is 0 Å². The lowest BCUT2D eigenvalue weighted by Gasteiger charge is -2.33. The fraction of sp³-hybridized carbons (Fsp3) is 0.571. The van der Waals surface area contributed by atoms with Crippen LogP contribution in [0.1, 0.15) is 31.4 Å². The minimum absolute atomic E-state index is 0.300. The van der Waals surface area contributed by atoms with E-state index < -0.39 is 0 Å². The standard InChI is InChI=1S/C14H20Cl2N2/c1-9(11-5-6-12(15)13(16)7-11)18(2)14(8-17)10-3-4-10/h5-7,9-10,14H,3-4,8,17H2,1-2H3. The summed E-state index contributed by atoms with van der Waals surface area (Å²) >= 11 is 12.0. The van der Waals surface area contributed by atoms with Crippen molar-refractivity contribution < 1.29 is 0 Å². The lowest BCUT2D eigenvalue weighted by atomic mass is 10.0. The molecule has 2 nitrogen and oxygen atoms in total. The van der Waals surface area contributed by atoms with E-state index in [1.54, 1.807) is 0 Å². The predicted molar refractivity (Wildman–Crippen MR) is 78.2 cm³/mol. The van der Waals surface area contributed by atoms with Gasteiger partial charge in [0.15, 0.2) is 0 Å². The number of nitrogens with two attached hydrogens (primary N) is 1. The van der Waals surface area contributed by atoms with Gasteiger partial charge >= 0.3 is 0 Å². The van der Waals surface area contributed by atoms with E-state index in [2.05, 4.69) is 18.9 Å². The van der Waals surface area contributed by atoms with Crippen LogP contribution in [0.25, 0.3) is 0 Å². The molecule has 1 fully saturated rings. The molecule has 4 heteroatoms. The van der Waals surface area contributed by atoms with E-state index in [0.717, 1.165) is 5.92 Å². The Morgan fingerprint density at radius 1 is 1.33 bits per heavy atom. The number of nitrogens with zero attached hydrogens (tertiary/aromatic N) is 1. The summed E-state index contributed by atoms with van der Waals surface area (Å²) in [5, 5.41) is 1.22. The molecule has 0 saturated heterocycles. The largest absolute Gasteiger partial charge is 0.329 e. The van der Waals surface area contributed by atoms with Gasteiger partial charge in [0.1, 0.15) is 0 Å². The Bertz CT molecular complexity index is 418. The number of likely N-dealkylation sites (N-methyl/N-ethyl adjacent to an activating group) is 1. The van der Waals surface area contributed by atoms with Gasteiger partial charge in [-0.25, -0.2) is 0 Å². The minimum atomic E-state index is 0.300. The number of hydrogen-bond donors (Lipinski definition) is 1. The van der Waals surface area contributed by atoms with Crippen LogP contribution in [0.5, 0.6) is 0 Å². The van der Waals surface area contributed by atoms with Crippen molar-refractivity contribution in [1.82, 2.24) is 4.90 Å². The zero-order chi connectivity index (χ0) is 13.3. The molecular weight excluding hydrogens is 267 g/mol. The van der Waals surface area contributed by atoms with Crippen molar-refractivity contribution in [2.24, 2.45) is 11.7 Å². The fourth-order valence-corrected chi connectivity index (χ4v) is 2.77. The van der Waals surface area contributed by atoms with Crippen molar-refractivity contribution >= 4 is 23.2 Å². The van der Waals surface area contributed by atoms with Gasteiger partial charge in [-0.05, 0) is 50.4 Å². The van der Waals surface area contributed by atoms with Gasteiger partial charge in [0.05, 0.1) is 10.0 Å². The van der Waals surface area contributed by atoms with E-state index >= 15 is 0 Å². The van der Waals surface area contributed by atoms with Crippen LogP contribution in [0.3, 0.4) is 0 Å². The number of rotatable bonds is 5. The average Bonchev–Trinajstić information content (AvgIpc) is 3.17. The van der Waals surface area contributed by atoms with Crippen LogP contribution in [-0.4, -0.2) is 24.5 Å². The molecule has 0 aromatic heterocycles. The molecule has 2 unspecified atom stereocenters. The topological polar surface area (TPSA) is 29.3 Å². The summed E-state index contributed by atoms with van der Waals surface area (Å²) in [6.07, 6.45) is 2.61. The van der Waals surface area contributed by atoms with Crippen LogP contribution in [0.2, 0.25) is 10.0 Å². The highest BCUT2D eigenvalue weighted by Gasteiger charge is 2.34. The molecule has 100 valence electrons. The van der Waals surface area contributed by atoms with E-state index in [0.29, 0.717) is 28.7 Å². The molecule has 1 aromatic rings. The third kappa shape index (κ3) is 3.00. The maximum absolute atomic E-state index is 6.08. The van der Waals surface area contributed by atoms with Crippen LogP contribution in [0.4, 0.5) is 0 Å². The Morgan fingerprint density at radius 2 is 2.00 bits per heavy atom. The summed E-state index contributed by atoms with van der Waals surface area (Å²) < 4.78 is 0. The maximum Gasteiger partial charge on any atom is 0.0595 e. The number of halogens is 2. The lowest BCUT2D eigenvalue weighted by Crippen LogP contribution is -2.41. The first kappa shape index (κ1) is 14.1. The highest BCUT2D eigenvalue weighted by Crippen LogP contribution is 2.37. The van der Waals surface area contributed by atoms with Gasteiger partial charge in [0.2, 0.25) is 0 Å². The molecule has 0 bridgehead atoms. The molecule has 18 heavy (non-hydrogen) atoms. The van der Waals surface area contributed by atoms with E-state index in [4.69, 9.17) is 28.9 Å². The van der Waals surface area contributed by atoms with E-state index in [1.807, 2.05) is 18.2 Å². The molecule has 0 aliphatic heterocycles. The van der Waals surface area contributed by atoms with Gasteiger partial charge in [0.25, 0.3) is 0 Å². The second kappa shape index (κ2) is 5.79. The Kier molecular flexibility index (Phi) is 4.54. The first-order chi connectivity index (χ1) is 8.54. The molecule has 2 atom stereocenters. The predicted octanol–water partition coefficient (Wildman–Crippen LogP) is 3.72. The number of benzene rings is 1. The monoisotopic (exact) mass is 286 g/mol. The highest BCUT2D eigenvalue weighted by atomic mass is 35.5. The van der Waals surface area contributed by atoms with Crippen molar-refractivity contribution in [1.29, 1.82) is 0 Å². The maximum atomic E-state index is 6.08. The molecule has 0 radical (unpaired) electrons. The Hall–Kier alpha value is -0.280. The van der Waals surface area contributed by atoms with Crippen LogP contribution < -0.4 is 5.73 Å². The third-order valence-electron chi connectivity index (χ3n) is 3.97. The molecule has 1 aliphatic carbocycles. The second-order valence-electron chi connectivity index (χ2n) is 5.16. The molecule has 1 aliphatic rings. The Labute approximate surface area is 119 Å². The third-order valence-corrected chi connectivity index (χ3v) is 4.71. The summed E-state index contributed by atoms with van der Waals surface area (Å²) in [5.74, 6) is 0.769. The smallest absolute Gasteiger partial charge is 0.0595 e. The van der Waals surface area contributed by atoms with Gasteiger partial charge in [-0.2, -0.15) is 0 Å². The van der Waals surface area contributed by atoms with Gasteiger partial charge in [-0.3, -0.25) is 4.90 Å². The van der Waals surface area contributed by atoms with E-state index in [1.165, 1.54) is 18.4 Å². The molecule has 1 aromatic carbocycles. The molecule has 0 amide bonds. The minimum Gasteiger partial charge on any atom is -0.329 e. The van der Waals surface area contributed by atoms with Crippen molar-refractivity contribution in [2.75, 3.05) is 13.6 Å². The van der Waals surface area contributed by atoms with Gasteiger partial charge in [0, 0.05) is 18.6 Å². The van der Waals surface area contributed by atoms with Crippen molar-refractivity contribution in [3.63, 3.8) is 0 Å². The molecular formula is C14H20Cl2N2. The summed E-state index contributed by atoms with van der Waals surface area (Å²) in [7, 11) is 2.14. The first-order valence-corrected chi connectivity index (χ1v) is 7.17. The van der Waals surface area contributed by atoms with E-state index in [9.17, 15) is 0 Å². The van der Waals surface area contributed by atoms with Gasteiger partial charge in [-0.1, -0.05) is 29.3 Å². The summed E-state index contributed by atoms with van der Waals surface area (Å²) in [6, 6.07) is 6.61. The van der Waals surface area contributed by atoms with E-state index in [-0.39, 0.29) is 0 Å². The van der Waals surface area contributed by atoms with Crippen molar-refractivity contribution in [3.8, 4) is 0 Å². The van der Waals surface area contributed by atoms with Crippen LogP contribution in [-0.2, 0) is 0 Å². The Morgan fingerprint density at radius 3 is 2.50 bits per heavy atom. The quantitative estimate of drug-likeness (QED) is 0.894. The molecule has 2 rings (SSSR count). The summed E-state index contributed by atoms with van der Waals surface area (Å²) in [4.78, 5) is 2.36. The highest BCUT2D eigenvalue weighted by molar-refractivity contribution is 6.42. The second-order valence-corrected chi connectivity index (χ2v) is 5.97. The SMILES string of the molecule is CC(c1ccc(Cl)c(Cl)c1)N(C)C(CN)C1CC1. The molecule has 1 saturated carbocycles. The molecule has 0 spiro atoms. The summed E-state index contributed by atoms with van der Waals surface area (Å²) in [5.41, 5.74) is 7.08. The van der Waals surface area contributed by atoms with Crippen LogP contribution in [0.15, 0.2) is 18.2 Å². The zero-order valence-corrected chi connectivity index (χ0v) is 12.4. The Balaban J connectivity index is 2.13. The van der Waals surface area contributed by atoms with Crippen molar-refractivity contribution in [2.45, 2.75) is 31.8 Å². The molecule has 2 N–H and O–H groups in total. The first-order valence-electron chi connectivity index (χ1n) is 6.41. The normalized spacial score (nSPS) is 19.0. The zero-order valence-electron chi connectivity index (χ0n) is 10.9. The average molecular weight is 287 g/mol. The fourth-order valence-electron chi connectivity index (χ4n) is 2.47. The summed E-state index contributed by atoms with van der Waals surface area (Å²) in [6.45, 7) is 2.90. The van der Waals surface area contributed by atoms with Crippen LogP contribution in [0, 0.1) is 5.92 Å². The van der Waals surface area contributed by atoms with Gasteiger partial charge < -0.3 is 5.73 Å². The lowest BCUT2D eigenvalue weighted by molar-refractivity contribution is 0.170. The molecule has 0 heterocycles. The van der Waals surface area contributed by atoms with Crippen LogP contribution >= 0.6 is 23.2 Å².